The van der Waals surface area contributed by atoms with E-state index in [0.717, 1.165) is 17.6 Å². The van der Waals surface area contributed by atoms with Gasteiger partial charge in [-0.05, 0) is 68.6 Å². The standard InChI is InChI=1S/C12H7Br3OS/c1-6-2-7(4-8(13)3-6)11(16)9-5-10(14)17-12(9)15/h2-5H,1H3. The van der Waals surface area contributed by atoms with Crippen LogP contribution in [0.4, 0.5) is 0 Å². The van der Waals surface area contributed by atoms with E-state index in [4.69, 9.17) is 0 Å². The van der Waals surface area contributed by atoms with Crippen molar-refractivity contribution in [3.8, 4) is 0 Å². The molecule has 0 amide bonds. The van der Waals surface area contributed by atoms with Gasteiger partial charge in [0.15, 0.2) is 5.78 Å². The van der Waals surface area contributed by atoms with E-state index in [1.165, 1.54) is 11.3 Å². The summed E-state index contributed by atoms with van der Waals surface area (Å²) in [6, 6.07) is 7.56. The molecular weight excluding hydrogens is 432 g/mol. The van der Waals surface area contributed by atoms with Crippen molar-refractivity contribution in [3.05, 3.63) is 53.0 Å². The van der Waals surface area contributed by atoms with E-state index in [1.54, 1.807) is 0 Å². The molecule has 1 aromatic heterocycles. The van der Waals surface area contributed by atoms with Crippen LogP contribution in [0.2, 0.25) is 0 Å². The molecule has 0 saturated carbocycles. The summed E-state index contributed by atoms with van der Waals surface area (Å²) in [5.74, 6) is 0.0308. The zero-order chi connectivity index (χ0) is 12.6. The molecule has 0 spiro atoms. The summed E-state index contributed by atoms with van der Waals surface area (Å²) in [6.07, 6.45) is 0. The molecule has 0 aliphatic rings. The van der Waals surface area contributed by atoms with E-state index in [2.05, 4.69) is 47.8 Å². The highest BCUT2D eigenvalue weighted by atomic mass is 79.9. The molecule has 0 saturated heterocycles. The van der Waals surface area contributed by atoms with Crippen molar-refractivity contribution >= 4 is 64.9 Å². The Balaban J connectivity index is 2.47. The third kappa shape index (κ3) is 3.08. The molecule has 1 heterocycles. The molecule has 5 heteroatoms. The average molecular weight is 439 g/mol. The molecule has 0 N–H and O–H groups in total. The second-order valence-electron chi connectivity index (χ2n) is 3.58. The quantitative estimate of drug-likeness (QED) is 0.560. The first-order valence-electron chi connectivity index (χ1n) is 4.74. The molecule has 2 rings (SSSR count). The predicted octanol–water partition coefficient (Wildman–Crippen LogP) is 5.58. The maximum atomic E-state index is 12.3. The van der Waals surface area contributed by atoms with Crippen LogP contribution in [0, 0.1) is 6.92 Å². The molecular formula is C12H7Br3OS. The van der Waals surface area contributed by atoms with Gasteiger partial charge in [-0.15, -0.1) is 11.3 Å². The van der Waals surface area contributed by atoms with E-state index in [1.807, 2.05) is 31.2 Å². The van der Waals surface area contributed by atoms with Crippen LogP contribution in [0.15, 0.2) is 36.3 Å². The first-order chi connectivity index (χ1) is 7.97. The summed E-state index contributed by atoms with van der Waals surface area (Å²) >= 11 is 11.7. The van der Waals surface area contributed by atoms with Gasteiger partial charge in [-0.25, -0.2) is 0 Å². The maximum Gasteiger partial charge on any atom is 0.195 e. The smallest absolute Gasteiger partial charge is 0.195 e. The SMILES string of the molecule is Cc1cc(Br)cc(C(=O)c2cc(Br)sc2Br)c1. The zero-order valence-corrected chi connectivity index (χ0v) is 14.3. The number of hydrogen-bond donors (Lipinski definition) is 0. The van der Waals surface area contributed by atoms with E-state index >= 15 is 0 Å². The highest BCUT2D eigenvalue weighted by Gasteiger charge is 2.16. The molecule has 1 aromatic carbocycles. The van der Waals surface area contributed by atoms with Crippen molar-refractivity contribution in [2.24, 2.45) is 0 Å². The van der Waals surface area contributed by atoms with Crippen LogP contribution in [0.5, 0.6) is 0 Å². The fourth-order valence-electron chi connectivity index (χ4n) is 1.52. The van der Waals surface area contributed by atoms with Crippen molar-refractivity contribution in [2.75, 3.05) is 0 Å². The molecule has 0 atom stereocenters. The molecule has 0 aliphatic carbocycles. The van der Waals surface area contributed by atoms with Gasteiger partial charge in [0.05, 0.1) is 7.57 Å². The lowest BCUT2D eigenvalue weighted by atomic mass is 10.0. The van der Waals surface area contributed by atoms with Crippen LogP contribution < -0.4 is 0 Å². The van der Waals surface area contributed by atoms with Crippen LogP contribution in [-0.2, 0) is 0 Å². The minimum Gasteiger partial charge on any atom is -0.289 e. The van der Waals surface area contributed by atoms with Crippen molar-refractivity contribution in [3.63, 3.8) is 0 Å². The predicted molar refractivity (Wildman–Crippen MR) is 82.0 cm³/mol. The summed E-state index contributed by atoms with van der Waals surface area (Å²) in [6.45, 7) is 1.97. The van der Waals surface area contributed by atoms with Gasteiger partial charge in [-0.3, -0.25) is 4.79 Å². The van der Waals surface area contributed by atoms with Crippen molar-refractivity contribution in [2.45, 2.75) is 6.92 Å². The molecule has 1 nitrogen and oxygen atoms in total. The number of rotatable bonds is 2. The van der Waals surface area contributed by atoms with Gasteiger partial charge in [0.1, 0.15) is 0 Å². The Hall–Kier alpha value is 0.0300. The van der Waals surface area contributed by atoms with Gasteiger partial charge >= 0.3 is 0 Å². The molecule has 0 aliphatic heterocycles. The highest BCUT2D eigenvalue weighted by Crippen LogP contribution is 2.33. The van der Waals surface area contributed by atoms with Gasteiger partial charge in [0.25, 0.3) is 0 Å². The Morgan fingerprint density at radius 2 is 1.82 bits per heavy atom. The monoisotopic (exact) mass is 436 g/mol. The first kappa shape index (κ1) is 13.5. The first-order valence-corrected chi connectivity index (χ1v) is 7.93. The highest BCUT2D eigenvalue weighted by molar-refractivity contribution is 9.12. The van der Waals surface area contributed by atoms with E-state index in [-0.39, 0.29) is 5.78 Å². The van der Waals surface area contributed by atoms with Crippen LogP contribution >= 0.6 is 59.1 Å². The van der Waals surface area contributed by atoms with Crippen LogP contribution in [-0.4, -0.2) is 5.78 Å². The number of benzene rings is 1. The number of ketones is 1. The number of carbonyl (C=O) groups is 1. The Morgan fingerprint density at radius 1 is 1.12 bits per heavy atom. The molecule has 2 aromatic rings. The fourth-order valence-corrected chi connectivity index (χ4v) is 4.92. The Labute approximate surface area is 129 Å². The topological polar surface area (TPSA) is 17.1 Å². The lowest BCUT2D eigenvalue weighted by molar-refractivity contribution is 0.103. The normalized spacial score (nSPS) is 10.6. The van der Waals surface area contributed by atoms with E-state index in [0.29, 0.717) is 11.1 Å². The summed E-state index contributed by atoms with van der Waals surface area (Å²) in [7, 11) is 0. The molecule has 17 heavy (non-hydrogen) atoms. The summed E-state index contributed by atoms with van der Waals surface area (Å²) < 4.78 is 2.72. The largest absolute Gasteiger partial charge is 0.289 e. The van der Waals surface area contributed by atoms with Crippen molar-refractivity contribution in [1.82, 2.24) is 0 Å². The van der Waals surface area contributed by atoms with E-state index in [9.17, 15) is 4.79 Å². The summed E-state index contributed by atoms with van der Waals surface area (Å²) in [5, 5.41) is 0. The van der Waals surface area contributed by atoms with Crippen molar-refractivity contribution in [1.29, 1.82) is 0 Å². The van der Waals surface area contributed by atoms with Gasteiger partial charge in [0, 0.05) is 15.6 Å². The van der Waals surface area contributed by atoms with Gasteiger partial charge in [-0.2, -0.15) is 0 Å². The Bertz CT molecular complexity index is 569. The van der Waals surface area contributed by atoms with Gasteiger partial charge < -0.3 is 0 Å². The molecule has 0 bridgehead atoms. The molecule has 0 unspecified atom stereocenters. The molecule has 0 radical (unpaired) electrons. The minimum atomic E-state index is 0.0308. The lowest BCUT2D eigenvalue weighted by Crippen LogP contribution is -2.00. The van der Waals surface area contributed by atoms with Crippen molar-refractivity contribution < 1.29 is 4.79 Å². The van der Waals surface area contributed by atoms with Crippen LogP contribution in [0.3, 0.4) is 0 Å². The molecule has 88 valence electrons. The number of thiophene rings is 1. The zero-order valence-electron chi connectivity index (χ0n) is 8.76. The third-order valence-electron chi connectivity index (χ3n) is 2.21. The number of halogens is 3. The second kappa shape index (κ2) is 5.34. The van der Waals surface area contributed by atoms with Crippen LogP contribution in [0.25, 0.3) is 0 Å². The molecule has 0 fully saturated rings. The van der Waals surface area contributed by atoms with Gasteiger partial charge in [0.2, 0.25) is 0 Å². The van der Waals surface area contributed by atoms with Gasteiger partial charge in [-0.1, -0.05) is 15.9 Å². The Kier molecular flexibility index (Phi) is 4.23. The fraction of sp³-hybridized carbons (Fsp3) is 0.0833. The third-order valence-corrected chi connectivity index (χ3v) is 5.00. The number of aryl methyl sites for hydroxylation is 1. The summed E-state index contributed by atoms with van der Waals surface area (Å²) in [5.41, 5.74) is 2.45. The maximum absolute atomic E-state index is 12.3. The lowest BCUT2D eigenvalue weighted by Gasteiger charge is -2.02. The Morgan fingerprint density at radius 3 is 2.35 bits per heavy atom. The number of carbonyl (C=O) groups excluding carboxylic acids is 1. The minimum absolute atomic E-state index is 0.0308. The average Bonchev–Trinajstić information content (AvgIpc) is 2.55. The summed E-state index contributed by atoms with van der Waals surface area (Å²) in [4.78, 5) is 12.3. The second-order valence-corrected chi connectivity index (χ2v) is 8.25. The number of hydrogen-bond acceptors (Lipinski definition) is 2. The van der Waals surface area contributed by atoms with E-state index < -0.39 is 0 Å². The van der Waals surface area contributed by atoms with Crippen LogP contribution in [0.1, 0.15) is 21.5 Å².